The van der Waals surface area contributed by atoms with Crippen molar-refractivity contribution in [2.45, 2.75) is 19.3 Å². The van der Waals surface area contributed by atoms with E-state index in [2.05, 4.69) is 20.9 Å². The Labute approximate surface area is 158 Å². The van der Waals surface area contributed by atoms with Crippen molar-refractivity contribution in [3.8, 4) is 11.8 Å². The third-order valence-electron chi connectivity index (χ3n) is 5.37. The number of benzene rings is 1. The Bertz CT molecular complexity index is 811. The molecule has 2 aliphatic heterocycles. The summed E-state index contributed by atoms with van der Waals surface area (Å²) in [5.41, 5.74) is 2.34. The smallest absolute Gasteiger partial charge is 0.231 e. The molecule has 27 heavy (non-hydrogen) atoms. The van der Waals surface area contributed by atoms with Gasteiger partial charge in [-0.05, 0) is 30.9 Å². The molecule has 1 fully saturated rings. The minimum atomic E-state index is 0.0416. The van der Waals surface area contributed by atoms with E-state index >= 15 is 0 Å². The topological polar surface area (TPSA) is 67.8 Å². The fourth-order valence-electron chi connectivity index (χ4n) is 3.86. The van der Waals surface area contributed by atoms with E-state index in [9.17, 15) is 4.79 Å². The number of fused-ring (bicyclic) bond motifs is 1. The van der Waals surface area contributed by atoms with Crippen LogP contribution in [0, 0.1) is 5.92 Å². The van der Waals surface area contributed by atoms with Crippen LogP contribution in [0.1, 0.15) is 18.4 Å². The second-order valence-corrected chi connectivity index (χ2v) is 6.88. The number of nitrogens with zero attached hydrogens (tertiary/aromatic N) is 4. The monoisotopic (exact) mass is 368 g/mol. The first-order valence-electron chi connectivity index (χ1n) is 9.31. The van der Waals surface area contributed by atoms with E-state index in [0.29, 0.717) is 17.7 Å². The van der Waals surface area contributed by atoms with Gasteiger partial charge >= 0.3 is 0 Å². The van der Waals surface area contributed by atoms with Crippen molar-refractivity contribution in [1.82, 2.24) is 9.97 Å². The molecule has 1 saturated heterocycles. The van der Waals surface area contributed by atoms with E-state index in [4.69, 9.17) is 9.47 Å². The highest BCUT2D eigenvalue weighted by Gasteiger charge is 2.33. The number of piperidine rings is 1. The van der Waals surface area contributed by atoms with E-state index in [1.165, 1.54) is 5.56 Å². The van der Waals surface area contributed by atoms with E-state index in [1.807, 2.05) is 23.1 Å². The Morgan fingerprint density at radius 1 is 1.04 bits per heavy atom. The van der Waals surface area contributed by atoms with Crippen LogP contribution in [0.5, 0.6) is 11.8 Å². The summed E-state index contributed by atoms with van der Waals surface area (Å²) in [5.74, 6) is 1.82. The van der Waals surface area contributed by atoms with Crippen molar-refractivity contribution in [3.63, 3.8) is 0 Å². The van der Waals surface area contributed by atoms with E-state index in [0.717, 1.165) is 44.6 Å². The molecule has 1 amide bonds. The average Bonchev–Trinajstić information content (AvgIpc) is 3.17. The third kappa shape index (κ3) is 3.41. The predicted molar refractivity (Wildman–Crippen MR) is 103 cm³/mol. The fourth-order valence-corrected chi connectivity index (χ4v) is 3.86. The summed E-state index contributed by atoms with van der Waals surface area (Å²) in [4.78, 5) is 25.9. The van der Waals surface area contributed by atoms with Crippen molar-refractivity contribution in [2.24, 2.45) is 5.92 Å². The molecule has 0 saturated carbocycles. The van der Waals surface area contributed by atoms with Gasteiger partial charge in [-0.3, -0.25) is 4.79 Å². The largest absolute Gasteiger partial charge is 0.481 e. The number of hydrogen-bond donors (Lipinski definition) is 0. The molecular weight excluding hydrogens is 344 g/mol. The maximum Gasteiger partial charge on any atom is 0.231 e. The lowest BCUT2D eigenvalue weighted by Crippen LogP contribution is -2.42. The number of hydrogen-bond acceptors (Lipinski definition) is 6. The Hall–Kier alpha value is -2.83. The zero-order valence-electron chi connectivity index (χ0n) is 15.7. The molecule has 7 nitrogen and oxygen atoms in total. The Balaban J connectivity index is 1.43. The number of carbonyl (C=O) groups is 1. The molecule has 0 N–H and O–H groups in total. The third-order valence-corrected chi connectivity index (χ3v) is 5.37. The predicted octanol–water partition coefficient (Wildman–Crippen LogP) is 2.30. The van der Waals surface area contributed by atoms with Crippen LogP contribution in [0.3, 0.4) is 0 Å². The first-order valence-corrected chi connectivity index (χ1v) is 9.31. The number of rotatable bonds is 4. The highest BCUT2D eigenvalue weighted by Crippen LogP contribution is 2.32. The fraction of sp³-hybridized carbons (Fsp3) is 0.450. The van der Waals surface area contributed by atoms with Gasteiger partial charge in [0.25, 0.3) is 0 Å². The second kappa shape index (κ2) is 7.42. The number of carbonyl (C=O) groups excluding carboxylic acids is 1. The molecule has 2 aliphatic rings. The Kier molecular flexibility index (Phi) is 4.83. The lowest BCUT2D eigenvalue weighted by molar-refractivity contribution is -0.122. The van der Waals surface area contributed by atoms with E-state index in [-0.39, 0.29) is 11.8 Å². The van der Waals surface area contributed by atoms with Gasteiger partial charge in [-0.15, -0.1) is 0 Å². The van der Waals surface area contributed by atoms with Gasteiger partial charge in [0.1, 0.15) is 0 Å². The van der Waals surface area contributed by atoms with Crippen LogP contribution >= 0.6 is 0 Å². The minimum Gasteiger partial charge on any atom is -0.481 e. The summed E-state index contributed by atoms with van der Waals surface area (Å²) in [6, 6.07) is 9.85. The molecule has 0 aliphatic carbocycles. The zero-order valence-corrected chi connectivity index (χ0v) is 15.7. The van der Waals surface area contributed by atoms with Crippen molar-refractivity contribution in [3.05, 3.63) is 35.9 Å². The molecule has 0 unspecified atom stereocenters. The Morgan fingerprint density at radius 3 is 2.37 bits per heavy atom. The average molecular weight is 368 g/mol. The molecule has 1 aromatic carbocycles. The molecular formula is C20H24N4O3. The van der Waals surface area contributed by atoms with Crippen LogP contribution in [0.15, 0.2) is 30.3 Å². The van der Waals surface area contributed by atoms with Gasteiger partial charge in [0, 0.05) is 31.2 Å². The molecule has 7 heteroatoms. The highest BCUT2D eigenvalue weighted by atomic mass is 16.5. The lowest BCUT2D eigenvalue weighted by Gasteiger charge is -2.33. The molecule has 0 bridgehead atoms. The van der Waals surface area contributed by atoms with E-state index < -0.39 is 0 Å². The first kappa shape index (κ1) is 17.6. The first-order chi connectivity index (χ1) is 13.2. The normalized spacial score (nSPS) is 17.0. The lowest BCUT2D eigenvalue weighted by atomic mass is 9.95. The van der Waals surface area contributed by atoms with Gasteiger partial charge < -0.3 is 19.3 Å². The number of methoxy groups -OCH3 is 2. The van der Waals surface area contributed by atoms with Crippen LogP contribution in [0.4, 0.5) is 11.6 Å². The molecule has 3 heterocycles. The van der Waals surface area contributed by atoms with Gasteiger partial charge in [0.05, 0.1) is 20.3 Å². The molecule has 0 atom stereocenters. The second-order valence-electron chi connectivity index (χ2n) is 6.88. The van der Waals surface area contributed by atoms with Crippen LogP contribution in [-0.2, 0) is 11.2 Å². The standard InChI is InChI=1S/C20H24N4O3/c1-26-17-13-18(27-2)22-20(21-17)23-10-7-15(8-11-23)19(25)24-12-9-14-5-3-4-6-16(14)24/h3-6,13,15H,7-12H2,1-2H3. The summed E-state index contributed by atoms with van der Waals surface area (Å²) >= 11 is 0. The molecule has 0 radical (unpaired) electrons. The maximum absolute atomic E-state index is 13.0. The van der Waals surface area contributed by atoms with Gasteiger partial charge in [0.2, 0.25) is 23.6 Å². The van der Waals surface area contributed by atoms with Crippen LogP contribution in [-0.4, -0.2) is 49.7 Å². The molecule has 2 aromatic rings. The zero-order chi connectivity index (χ0) is 18.8. The summed E-state index contributed by atoms with van der Waals surface area (Å²) in [7, 11) is 3.15. The number of ether oxygens (including phenoxy) is 2. The maximum atomic E-state index is 13.0. The minimum absolute atomic E-state index is 0.0416. The summed E-state index contributed by atoms with van der Waals surface area (Å²) in [6.45, 7) is 2.26. The number of anilines is 2. The molecule has 0 spiro atoms. The van der Waals surface area contributed by atoms with E-state index in [1.54, 1.807) is 20.3 Å². The van der Waals surface area contributed by atoms with Crippen molar-refractivity contribution >= 4 is 17.5 Å². The van der Waals surface area contributed by atoms with Crippen LogP contribution in [0.25, 0.3) is 0 Å². The molecule has 1 aromatic heterocycles. The summed E-state index contributed by atoms with van der Waals surface area (Å²) < 4.78 is 10.5. The van der Waals surface area contributed by atoms with Crippen LogP contribution < -0.4 is 19.3 Å². The SMILES string of the molecule is COc1cc(OC)nc(N2CCC(C(=O)N3CCc4ccccc43)CC2)n1. The molecule has 4 rings (SSSR count). The highest BCUT2D eigenvalue weighted by molar-refractivity contribution is 5.97. The summed E-state index contributed by atoms with van der Waals surface area (Å²) in [5, 5.41) is 0. The van der Waals surface area contributed by atoms with Gasteiger partial charge in [-0.2, -0.15) is 9.97 Å². The van der Waals surface area contributed by atoms with Crippen molar-refractivity contribution in [2.75, 3.05) is 43.7 Å². The quantitative estimate of drug-likeness (QED) is 0.825. The Morgan fingerprint density at radius 2 is 1.70 bits per heavy atom. The summed E-state index contributed by atoms with van der Waals surface area (Å²) in [6.07, 6.45) is 2.53. The number of amides is 1. The molecule has 142 valence electrons. The van der Waals surface area contributed by atoms with Gasteiger partial charge in [-0.1, -0.05) is 18.2 Å². The number of para-hydroxylation sites is 1. The van der Waals surface area contributed by atoms with Gasteiger partial charge in [-0.25, -0.2) is 0 Å². The van der Waals surface area contributed by atoms with Gasteiger partial charge in [0.15, 0.2) is 0 Å². The van der Waals surface area contributed by atoms with Crippen LogP contribution in [0.2, 0.25) is 0 Å². The van der Waals surface area contributed by atoms with Crippen molar-refractivity contribution < 1.29 is 14.3 Å². The number of aromatic nitrogens is 2. The van der Waals surface area contributed by atoms with Crippen molar-refractivity contribution in [1.29, 1.82) is 0 Å².